The normalized spacial score (nSPS) is 14.5. The summed E-state index contributed by atoms with van der Waals surface area (Å²) in [6.45, 7) is 6.27. The molecule has 1 aliphatic rings. The van der Waals surface area contributed by atoms with E-state index in [1.165, 1.54) is 11.0 Å². The van der Waals surface area contributed by atoms with Gasteiger partial charge in [-0.15, -0.1) is 0 Å². The third kappa shape index (κ3) is 4.56. The average Bonchev–Trinajstić information content (AvgIpc) is 2.66. The van der Waals surface area contributed by atoms with Crippen LogP contribution in [0.1, 0.15) is 48.7 Å². The van der Waals surface area contributed by atoms with Crippen molar-refractivity contribution in [3.63, 3.8) is 0 Å². The molecule has 1 saturated heterocycles. The molecule has 7 nitrogen and oxygen atoms in total. The molecule has 1 aliphatic heterocycles. The van der Waals surface area contributed by atoms with Crippen LogP contribution in [-0.2, 0) is 16.8 Å². The highest BCUT2D eigenvalue weighted by molar-refractivity contribution is 6.06. The number of urea groups is 1. The fourth-order valence-electron chi connectivity index (χ4n) is 3.20. The maximum Gasteiger partial charge on any atom is 0.328 e. The Bertz CT molecular complexity index is 949. The van der Waals surface area contributed by atoms with Gasteiger partial charge < -0.3 is 10.4 Å². The second-order valence-corrected chi connectivity index (χ2v) is 8.06. The van der Waals surface area contributed by atoms with Gasteiger partial charge in [0.2, 0.25) is 5.91 Å². The van der Waals surface area contributed by atoms with Gasteiger partial charge in [0.1, 0.15) is 5.75 Å². The highest BCUT2D eigenvalue weighted by Crippen LogP contribution is 2.37. The topological polar surface area (TPSA) is 98.7 Å². The van der Waals surface area contributed by atoms with Crippen molar-refractivity contribution in [3.8, 4) is 5.75 Å². The van der Waals surface area contributed by atoms with Gasteiger partial charge in [-0.25, -0.2) is 4.79 Å². The smallest absolute Gasteiger partial charge is 0.328 e. The van der Waals surface area contributed by atoms with E-state index in [2.05, 4.69) is 10.6 Å². The van der Waals surface area contributed by atoms with E-state index in [1.54, 1.807) is 6.07 Å². The van der Waals surface area contributed by atoms with Crippen molar-refractivity contribution in [3.05, 3.63) is 59.2 Å². The zero-order valence-corrected chi connectivity index (χ0v) is 16.8. The summed E-state index contributed by atoms with van der Waals surface area (Å²) in [6.07, 6.45) is 0.174. The van der Waals surface area contributed by atoms with Gasteiger partial charge in [0.25, 0.3) is 5.91 Å². The Morgan fingerprint density at radius 3 is 2.48 bits per heavy atom. The highest BCUT2D eigenvalue weighted by atomic mass is 16.3. The van der Waals surface area contributed by atoms with Gasteiger partial charge in [0, 0.05) is 30.8 Å². The van der Waals surface area contributed by atoms with Crippen LogP contribution in [0.15, 0.2) is 42.5 Å². The monoisotopic (exact) mass is 395 g/mol. The Hall–Kier alpha value is -3.35. The van der Waals surface area contributed by atoms with E-state index in [0.29, 0.717) is 17.8 Å². The van der Waals surface area contributed by atoms with Crippen LogP contribution in [0.5, 0.6) is 5.75 Å². The Morgan fingerprint density at radius 2 is 1.86 bits per heavy atom. The first kappa shape index (κ1) is 20.4. The number of amides is 4. The van der Waals surface area contributed by atoms with Crippen LogP contribution < -0.4 is 15.5 Å². The van der Waals surface area contributed by atoms with Crippen molar-refractivity contribution in [1.29, 1.82) is 0 Å². The van der Waals surface area contributed by atoms with Gasteiger partial charge in [0.15, 0.2) is 0 Å². The molecule has 152 valence electrons. The second kappa shape index (κ2) is 7.95. The van der Waals surface area contributed by atoms with Crippen LogP contribution in [-0.4, -0.2) is 29.5 Å². The van der Waals surface area contributed by atoms with Crippen molar-refractivity contribution >= 4 is 23.5 Å². The first-order valence-corrected chi connectivity index (χ1v) is 9.48. The number of phenols is 1. The summed E-state index contributed by atoms with van der Waals surface area (Å²) in [5.41, 5.74) is 1.57. The van der Waals surface area contributed by atoms with Crippen molar-refractivity contribution in [1.82, 2.24) is 10.6 Å². The molecule has 0 bridgehead atoms. The van der Waals surface area contributed by atoms with E-state index in [-0.39, 0.29) is 30.2 Å². The molecular weight excluding hydrogens is 370 g/mol. The molecule has 29 heavy (non-hydrogen) atoms. The first-order valence-electron chi connectivity index (χ1n) is 9.48. The summed E-state index contributed by atoms with van der Waals surface area (Å²) in [6, 6.07) is 12.1. The summed E-state index contributed by atoms with van der Waals surface area (Å²) in [4.78, 5) is 38.0. The number of nitrogens with one attached hydrogen (secondary N) is 2. The molecular formula is C22H25N3O4. The number of carbonyl (C=O) groups is 3. The van der Waals surface area contributed by atoms with Gasteiger partial charge in [-0.1, -0.05) is 51.1 Å². The Kier molecular flexibility index (Phi) is 5.59. The van der Waals surface area contributed by atoms with Gasteiger partial charge in [-0.2, -0.15) is 0 Å². The zero-order chi connectivity index (χ0) is 21.2. The standard InChI is InChI=1S/C22H25N3O4/c1-22(2,3)17-12-15(25-10-9-18(26)24-21(25)29)11-16(19(17)27)20(28)23-13-14-7-5-4-6-8-14/h4-8,11-12,27H,9-10,13H2,1-3H3,(H,23,28)(H,24,26,29). The molecule has 7 heteroatoms. The molecule has 1 heterocycles. The van der Waals surface area contributed by atoms with Crippen molar-refractivity contribution in [2.24, 2.45) is 0 Å². The zero-order valence-electron chi connectivity index (χ0n) is 16.8. The number of phenolic OH excluding ortho intramolecular Hbond substituents is 1. The number of hydrogen-bond donors (Lipinski definition) is 3. The van der Waals surface area contributed by atoms with Crippen LogP contribution in [0.3, 0.4) is 0 Å². The van der Waals surface area contributed by atoms with Crippen molar-refractivity contribution in [2.75, 3.05) is 11.4 Å². The van der Waals surface area contributed by atoms with E-state index in [1.807, 2.05) is 51.1 Å². The molecule has 1 fully saturated rings. The molecule has 0 radical (unpaired) electrons. The SMILES string of the molecule is CC(C)(C)c1cc(N2CCC(=O)NC2=O)cc(C(=O)NCc2ccccc2)c1O. The number of nitrogens with zero attached hydrogens (tertiary/aromatic N) is 1. The predicted molar refractivity (Wildman–Crippen MR) is 110 cm³/mol. The van der Waals surface area contributed by atoms with Crippen LogP contribution in [0.2, 0.25) is 0 Å². The third-order valence-electron chi connectivity index (χ3n) is 4.81. The van der Waals surface area contributed by atoms with E-state index in [4.69, 9.17) is 0 Å². The predicted octanol–water partition coefficient (Wildman–Crippen LogP) is 3.07. The molecule has 0 saturated carbocycles. The van der Waals surface area contributed by atoms with Crippen LogP contribution in [0.25, 0.3) is 0 Å². The minimum absolute atomic E-state index is 0.0908. The fraction of sp³-hybridized carbons (Fsp3) is 0.318. The van der Waals surface area contributed by atoms with E-state index >= 15 is 0 Å². The quantitative estimate of drug-likeness (QED) is 0.741. The summed E-state index contributed by atoms with van der Waals surface area (Å²) in [5.74, 6) is -0.880. The van der Waals surface area contributed by atoms with E-state index < -0.39 is 17.4 Å². The minimum Gasteiger partial charge on any atom is -0.507 e. The lowest BCUT2D eigenvalue weighted by atomic mass is 9.84. The summed E-state index contributed by atoms with van der Waals surface area (Å²) >= 11 is 0. The lowest BCUT2D eigenvalue weighted by Crippen LogP contribution is -2.49. The number of benzene rings is 2. The lowest BCUT2D eigenvalue weighted by molar-refractivity contribution is -0.120. The van der Waals surface area contributed by atoms with Gasteiger partial charge in [0.05, 0.1) is 5.56 Å². The number of aromatic hydroxyl groups is 1. The molecule has 0 atom stereocenters. The first-order chi connectivity index (χ1) is 13.7. The summed E-state index contributed by atoms with van der Waals surface area (Å²) < 4.78 is 0. The maximum absolute atomic E-state index is 12.8. The minimum atomic E-state index is -0.539. The molecule has 2 aromatic carbocycles. The fourth-order valence-corrected chi connectivity index (χ4v) is 3.20. The number of hydrogen-bond acceptors (Lipinski definition) is 4. The number of rotatable bonds is 4. The molecule has 2 aromatic rings. The van der Waals surface area contributed by atoms with Gasteiger partial charge in [-0.3, -0.25) is 19.8 Å². The molecule has 4 amide bonds. The summed E-state index contributed by atoms with van der Waals surface area (Å²) in [7, 11) is 0. The largest absolute Gasteiger partial charge is 0.507 e. The molecule has 0 aromatic heterocycles. The van der Waals surface area contributed by atoms with Crippen LogP contribution in [0.4, 0.5) is 10.5 Å². The Morgan fingerprint density at radius 1 is 1.17 bits per heavy atom. The average molecular weight is 395 g/mol. The lowest BCUT2D eigenvalue weighted by Gasteiger charge is -2.29. The van der Waals surface area contributed by atoms with Crippen LogP contribution >= 0.6 is 0 Å². The molecule has 3 rings (SSSR count). The highest BCUT2D eigenvalue weighted by Gasteiger charge is 2.29. The molecule has 0 unspecified atom stereocenters. The third-order valence-corrected chi connectivity index (χ3v) is 4.81. The number of imide groups is 1. The number of anilines is 1. The van der Waals surface area contributed by atoms with E-state index in [9.17, 15) is 19.5 Å². The van der Waals surface area contributed by atoms with Crippen molar-refractivity contribution < 1.29 is 19.5 Å². The molecule has 0 aliphatic carbocycles. The number of carbonyl (C=O) groups excluding carboxylic acids is 3. The Balaban J connectivity index is 1.95. The maximum atomic E-state index is 12.8. The Labute approximate surface area is 169 Å². The van der Waals surface area contributed by atoms with Gasteiger partial charge >= 0.3 is 6.03 Å². The van der Waals surface area contributed by atoms with Gasteiger partial charge in [-0.05, 0) is 23.1 Å². The molecule has 0 spiro atoms. The van der Waals surface area contributed by atoms with E-state index in [0.717, 1.165) is 5.56 Å². The van der Waals surface area contributed by atoms with Crippen molar-refractivity contribution in [2.45, 2.75) is 39.2 Å². The van der Waals surface area contributed by atoms with Crippen LogP contribution in [0, 0.1) is 0 Å². The summed E-state index contributed by atoms with van der Waals surface area (Å²) in [5, 5.41) is 15.9. The second-order valence-electron chi connectivity index (χ2n) is 8.06. The molecule has 3 N–H and O–H groups in total.